The van der Waals surface area contributed by atoms with Crippen LogP contribution in [0.2, 0.25) is 0 Å². The summed E-state index contributed by atoms with van der Waals surface area (Å²) in [4.78, 5) is 63.0. The molecule has 3 aromatic heterocycles. The molecule has 0 saturated carbocycles. The molecule has 0 N–H and O–H groups in total. The van der Waals surface area contributed by atoms with Crippen molar-refractivity contribution in [1.82, 2.24) is 24.5 Å². The first kappa shape index (κ1) is 40.3. The molecule has 0 spiro atoms. The standard InChI is InChI=1S/C34H35ClF4N6O8/c1-18-23(27(46)44(29(47)50-17-35)19(2)24-15-22(9-10-25(24)36)51-34(37,38)39)13-21(16-40-18)20-11-12-43-26(14-20)41-28(42-43)45(30(48)52-32(3,4)5)31(49)53-33(6,7)8/h9-16,19H,17H2,1-8H3/t19-/m1/s1. The lowest BCUT2D eigenvalue weighted by Crippen LogP contribution is -2.44. The quantitative estimate of drug-likeness (QED) is 0.101. The van der Waals surface area contributed by atoms with Crippen LogP contribution in [0.25, 0.3) is 16.8 Å². The van der Waals surface area contributed by atoms with Gasteiger partial charge in [-0.1, -0.05) is 11.6 Å². The van der Waals surface area contributed by atoms with Gasteiger partial charge in [-0.15, -0.1) is 23.2 Å². The lowest BCUT2D eigenvalue weighted by Gasteiger charge is -2.28. The van der Waals surface area contributed by atoms with Crippen molar-refractivity contribution in [3.8, 4) is 16.9 Å². The fourth-order valence-electron chi connectivity index (χ4n) is 4.75. The first-order chi connectivity index (χ1) is 24.5. The van der Waals surface area contributed by atoms with Gasteiger partial charge >= 0.3 is 24.6 Å². The number of hydrogen-bond acceptors (Lipinski definition) is 11. The highest BCUT2D eigenvalue weighted by Gasteiger charge is 2.37. The number of imide groups is 2. The van der Waals surface area contributed by atoms with Crippen molar-refractivity contribution in [2.75, 3.05) is 11.0 Å². The number of amides is 4. The summed E-state index contributed by atoms with van der Waals surface area (Å²) in [5.41, 5.74) is -1.63. The number of alkyl halides is 4. The van der Waals surface area contributed by atoms with Crippen LogP contribution in [0, 0.1) is 12.7 Å². The van der Waals surface area contributed by atoms with E-state index in [-0.39, 0.29) is 22.9 Å². The molecule has 0 aliphatic carbocycles. The number of fused-ring (bicyclic) bond motifs is 1. The van der Waals surface area contributed by atoms with Crippen LogP contribution in [0.3, 0.4) is 0 Å². The van der Waals surface area contributed by atoms with Crippen LogP contribution in [0.5, 0.6) is 5.75 Å². The summed E-state index contributed by atoms with van der Waals surface area (Å²) in [5, 5.41) is 4.24. The molecule has 0 radical (unpaired) electrons. The molecule has 0 aliphatic heterocycles. The molecule has 0 bridgehead atoms. The van der Waals surface area contributed by atoms with Gasteiger partial charge in [0.05, 0.1) is 17.3 Å². The summed E-state index contributed by atoms with van der Waals surface area (Å²) in [7, 11) is 0. The van der Waals surface area contributed by atoms with Crippen molar-refractivity contribution in [3.63, 3.8) is 0 Å². The second-order valence-corrected chi connectivity index (χ2v) is 13.6. The van der Waals surface area contributed by atoms with Gasteiger partial charge in [-0.2, -0.15) is 4.98 Å². The zero-order valence-electron chi connectivity index (χ0n) is 29.7. The van der Waals surface area contributed by atoms with Gasteiger partial charge in [0.15, 0.2) is 11.7 Å². The smallest absolute Gasteiger partial charge is 0.443 e. The van der Waals surface area contributed by atoms with Crippen LogP contribution in [-0.4, -0.2) is 72.3 Å². The molecule has 4 aromatic rings. The van der Waals surface area contributed by atoms with E-state index in [1.54, 1.807) is 47.6 Å². The summed E-state index contributed by atoms with van der Waals surface area (Å²) in [6, 6.07) is 4.34. The minimum Gasteiger partial charge on any atom is -0.443 e. The molecule has 4 amide bonds. The zero-order chi connectivity index (χ0) is 39.6. The molecular formula is C34H35ClF4N6O8. The maximum atomic E-state index is 15.0. The Kier molecular flexibility index (Phi) is 11.6. The van der Waals surface area contributed by atoms with E-state index in [0.29, 0.717) is 33.1 Å². The van der Waals surface area contributed by atoms with E-state index in [1.165, 1.54) is 42.9 Å². The molecule has 14 nitrogen and oxygen atoms in total. The summed E-state index contributed by atoms with van der Waals surface area (Å²) < 4.78 is 74.5. The number of ether oxygens (including phenoxy) is 4. The number of hydrogen-bond donors (Lipinski definition) is 0. The van der Waals surface area contributed by atoms with E-state index in [4.69, 9.17) is 25.8 Å². The monoisotopic (exact) mass is 766 g/mol. The fraction of sp³-hybridized carbons (Fsp3) is 0.382. The summed E-state index contributed by atoms with van der Waals surface area (Å²) in [6.07, 6.45) is -5.72. The van der Waals surface area contributed by atoms with Crippen molar-refractivity contribution >= 4 is 47.4 Å². The van der Waals surface area contributed by atoms with E-state index in [2.05, 4.69) is 19.8 Å². The second kappa shape index (κ2) is 15.2. The van der Waals surface area contributed by atoms with E-state index in [1.807, 2.05) is 0 Å². The number of benzene rings is 1. The van der Waals surface area contributed by atoms with Crippen LogP contribution in [0.4, 0.5) is 37.9 Å². The topological polar surface area (TPSA) is 155 Å². The number of carbonyl (C=O) groups is 4. The highest BCUT2D eigenvalue weighted by molar-refractivity contribution is 6.17. The minimum absolute atomic E-state index is 0.125. The summed E-state index contributed by atoms with van der Waals surface area (Å²) in [5.74, 6) is -3.23. The number of carbonyl (C=O) groups excluding carboxylic acids is 4. The highest BCUT2D eigenvalue weighted by Crippen LogP contribution is 2.32. The normalized spacial score (nSPS) is 12.5. The van der Waals surface area contributed by atoms with E-state index in [0.717, 1.165) is 6.07 Å². The van der Waals surface area contributed by atoms with Crippen LogP contribution < -0.4 is 9.64 Å². The van der Waals surface area contributed by atoms with Gasteiger partial charge in [0, 0.05) is 23.5 Å². The summed E-state index contributed by atoms with van der Waals surface area (Å²) in [6.45, 7) is 12.3. The van der Waals surface area contributed by atoms with E-state index in [9.17, 15) is 36.7 Å². The van der Waals surface area contributed by atoms with Gasteiger partial charge in [-0.05, 0) is 97.4 Å². The van der Waals surface area contributed by atoms with Crippen molar-refractivity contribution in [2.24, 2.45) is 0 Å². The van der Waals surface area contributed by atoms with Gasteiger partial charge in [0.25, 0.3) is 11.9 Å². The maximum Gasteiger partial charge on any atom is 0.573 e. The Bertz CT molecular complexity index is 2020. The third-order valence-electron chi connectivity index (χ3n) is 6.96. The average Bonchev–Trinajstić information content (AvgIpc) is 3.42. The number of rotatable bonds is 7. The van der Waals surface area contributed by atoms with Gasteiger partial charge in [0.2, 0.25) is 0 Å². The number of aromatic nitrogens is 4. The molecule has 19 heteroatoms. The number of pyridine rings is 2. The minimum atomic E-state index is -5.10. The van der Waals surface area contributed by atoms with Crippen molar-refractivity contribution in [3.05, 3.63) is 71.4 Å². The SMILES string of the molecule is Cc1ncc(-c2ccn3nc(N(C(=O)OC(C)(C)C)C(=O)OC(C)(C)C)nc3c2)cc1C(=O)N(C(=O)OCCl)[C@H](C)c1cc(OC(F)(F)F)ccc1F. The number of halogens is 5. The van der Waals surface area contributed by atoms with E-state index >= 15 is 0 Å². The molecule has 4 rings (SSSR count). The molecular weight excluding hydrogens is 732 g/mol. The molecule has 1 atom stereocenters. The predicted molar refractivity (Wildman–Crippen MR) is 181 cm³/mol. The Hall–Kier alpha value is -5.52. The van der Waals surface area contributed by atoms with Crippen LogP contribution in [0.15, 0.2) is 48.8 Å². The third-order valence-corrected chi connectivity index (χ3v) is 7.07. The lowest BCUT2D eigenvalue weighted by atomic mass is 10.0. The molecule has 0 aliphatic rings. The first-order valence-electron chi connectivity index (χ1n) is 15.7. The van der Waals surface area contributed by atoms with Gasteiger partial charge in [-0.3, -0.25) is 9.78 Å². The average molecular weight is 767 g/mol. The Morgan fingerprint density at radius 3 is 2.09 bits per heavy atom. The molecule has 0 unspecified atom stereocenters. The second-order valence-electron chi connectivity index (χ2n) is 13.4. The molecule has 3 heterocycles. The van der Waals surface area contributed by atoms with Crippen molar-refractivity contribution < 1.29 is 55.7 Å². The molecule has 1 aromatic carbocycles. The predicted octanol–water partition coefficient (Wildman–Crippen LogP) is 8.35. The third kappa shape index (κ3) is 10.1. The first-order valence-corrected chi connectivity index (χ1v) is 16.2. The lowest BCUT2D eigenvalue weighted by molar-refractivity contribution is -0.274. The Morgan fingerprint density at radius 1 is 0.906 bits per heavy atom. The number of nitrogens with zero attached hydrogens (tertiary/aromatic N) is 6. The van der Waals surface area contributed by atoms with Gasteiger partial charge in [-0.25, -0.2) is 28.2 Å². The van der Waals surface area contributed by atoms with Gasteiger partial charge in [0.1, 0.15) is 22.8 Å². The van der Waals surface area contributed by atoms with E-state index < -0.39 is 71.0 Å². The zero-order valence-corrected chi connectivity index (χ0v) is 30.5. The van der Waals surface area contributed by atoms with Crippen LogP contribution in [-0.2, 0) is 14.2 Å². The summed E-state index contributed by atoms with van der Waals surface area (Å²) >= 11 is 5.59. The van der Waals surface area contributed by atoms with Gasteiger partial charge < -0.3 is 18.9 Å². The Labute approximate surface area is 305 Å². The molecule has 284 valence electrons. The maximum absolute atomic E-state index is 15.0. The Morgan fingerprint density at radius 2 is 1.53 bits per heavy atom. The van der Waals surface area contributed by atoms with Crippen LogP contribution >= 0.6 is 11.6 Å². The largest absolute Gasteiger partial charge is 0.573 e. The Balaban J connectivity index is 1.74. The highest BCUT2D eigenvalue weighted by atomic mass is 35.5. The van der Waals surface area contributed by atoms with Crippen LogP contribution in [0.1, 0.15) is 76.1 Å². The number of anilines is 1. The fourth-order valence-corrected chi connectivity index (χ4v) is 4.84. The van der Waals surface area contributed by atoms with Crippen molar-refractivity contribution in [1.29, 1.82) is 0 Å². The van der Waals surface area contributed by atoms with Crippen molar-refractivity contribution in [2.45, 2.75) is 79.0 Å². The molecule has 0 saturated heterocycles. The number of aryl methyl sites for hydroxylation is 1. The molecule has 0 fully saturated rings. The molecule has 53 heavy (non-hydrogen) atoms.